The number of piperidine rings is 1. The summed E-state index contributed by atoms with van der Waals surface area (Å²) in [5.74, 6) is -0.149. The maximum Gasteiger partial charge on any atom is 0.409 e. The number of hydrogen-bond donors (Lipinski definition) is 1. The van der Waals surface area contributed by atoms with E-state index in [-0.39, 0.29) is 17.9 Å². The smallest absolute Gasteiger partial charge is 0.409 e. The van der Waals surface area contributed by atoms with Gasteiger partial charge in [-0.05, 0) is 24.5 Å². The molecule has 2 rings (SSSR count). The van der Waals surface area contributed by atoms with E-state index in [1.54, 1.807) is 29.2 Å². The summed E-state index contributed by atoms with van der Waals surface area (Å²) in [5, 5.41) is 0.438. The minimum absolute atomic E-state index is 0.149. The molecule has 8 heteroatoms. The summed E-state index contributed by atoms with van der Waals surface area (Å²) in [6, 6.07) is 6.70. The molecule has 1 aliphatic rings. The summed E-state index contributed by atoms with van der Waals surface area (Å²) in [6.45, 7) is 0.956. The summed E-state index contributed by atoms with van der Waals surface area (Å²) in [7, 11) is -2.14. The molecule has 0 radical (unpaired) electrons. The van der Waals surface area contributed by atoms with Gasteiger partial charge in [0.25, 0.3) is 0 Å². The van der Waals surface area contributed by atoms with Gasteiger partial charge < -0.3 is 9.64 Å². The third-order valence-electron chi connectivity index (χ3n) is 3.58. The number of sulfonamides is 1. The molecule has 1 amide bonds. The van der Waals surface area contributed by atoms with E-state index in [0.717, 1.165) is 0 Å². The van der Waals surface area contributed by atoms with Crippen LogP contribution < -0.4 is 4.72 Å². The number of methoxy groups -OCH3 is 1. The second-order valence-electron chi connectivity index (χ2n) is 5.20. The highest BCUT2D eigenvalue weighted by Crippen LogP contribution is 2.18. The van der Waals surface area contributed by atoms with Gasteiger partial charge in [-0.25, -0.2) is 17.9 Å². The molecule has 0 aromatic heterocycles. The molecule has 1 heterocycles. The fourth-order valence-corrected chi connectivity index (χ4v) is 4.19. The molecule has 1 aromatic rings. The van der Waals surface area contributed by atoms with Gasteiger partial charge >= 0.3 is 6.09 Å². The molecule has 1 aliphatic heterocycles. The predicted octanol–water partition coefficient (Wildman–Crippen LogP) is 1.99. The SMILES string of the molecule is COC(=O)N1CCC(NS(=O)(=O)Cc2ccccc2Cl)CC1. The van der Waals surface area contributed by atoms with Gasteiger partial charge in [-0.3, -0.25) is 0 Å². The summed E-state index contributed by atoms with van der Waals surface area (Å²) in [5.41, 5.74) is 0.573. The molecule has 0 saturated carbocycles. The molecular weight excluding hydrogens is 328 g/mol. The molecule has 0 bridgehead atoms. The predicted molar refractivity (Wildman–Crippen MR) is 84.2 cm³/mol. The molecule has 0 spiro atoms. The van der Waals surface area contributed by atoms with Crippen molar-refractivity contribution in [1.82, 2.24) is 9.62 Å². The van der Waals surface area contributed by atoms with Crippen molar-refractivity contribution in [3.63, 3.8) is 0 Å². The van der Waals surface area contributed by atoms with E-state index >= 15 is 0 Å². The summed E-state index contributed by atoms with van der Waals surface area (Å²) in [6.07, 6.45) is 0.755. The van der Waals surface area contributed by atoms with Crippen LogP contribution in [0.2, 0.25) is 5.02 Å². The van der Waals surface area contributed by atoms with Gasteiger partial charge in [-0.15, -0.1) is 0 Å². The molecule has 1 aromatic carbocycles. The fraction of sp³-hybridized carbons (Fsp3) is 0.500. The molecule has 0 atom stereocenters. The summed E-state index contributed by atoms with van der Waals surface area (Å²) >= 11 is 5.99. The van der Waals surface area contributed by atoms with Gasteiger partial charge in [-0.1, -0.05) is 29.8 Å². The number of likely N-dealkylation sites (tertiary alicyclic amines) is 1. The largest absolute Gasteiger partial charge is 0.453 e. The fourth-order valence-electron chi connectivity index (χ4n) is 2.42. The van der Waals surface area contributed by atoms with Crippen LogP contribution in [0.3, 0.4) is 0 Å². The maximum atomic E-state index is 12.2. The van der Waals surface area contributed by atoms with Gasteiger partial charge in [-0.2, -0.15) is 0 Å². The van der Waals surface area contributed by atoms with Crippen molar-refractivity contribution < 1.29 is 17.9 Å². The van der Waals surface area contributed by atoms with Crippen molar-refractivity contribution in [1.29, 1.82) is 0 Å². The number of hydrogen-bond acceptors (Lipinski definition) is 4. The zero-order chi connectivity index (χ0) is 16.2. The molecule has 1 saturated heterocycles. The van der Waals surface area contributed by atoms with E-state index in [9.17, 15) is 13.2 Å². The second kappa shape index (κ2) is 7.30. The van der Waals surface area contributed by atoms with Gasteiger partial charge in [0.05, 0.1) is 12.9 Å². The molecular formula is C14H19ClN2O4S. The molecule has 122 valence electrons. The van der Waals surface area contributed by atoms with E-state index in [0.29, 0.717) is 36.5 Å². The van der Waals surface area contributed by atoms with Crippen LogP contribution in [-0.2, 0) is 20.5 Å². The highest BCUT2D eigenvalue weighted by molar-refractivity contribution is 7.88. The quantitative estimate of drug-likeness (QED) is 0.904. The number of ether oxygens (including phenoxy) is 1. The van der Waals surface area contributed by atoms with Crippen LogP contribution >= 0.6 is 11.6 Å². The monoisotopic (exact) mass is 346 g/mol. The third-order valence-corrected chi connectivity index (χ3v) is 5.33. The normalized spacial score (nSPS) is 16.5. The zero-order valence-corrected chi connectivity index (χ0v) is 13.9. The van der Waals surface area contributed by atoms with Crippen LogP contribution in [0.1, 0.15) is 18.4 Å². The Morgan fingerprint density at radius 1 is 1.36 bits per heavy atom. The maximum absolute atomic E-state index is 12.2. The Morgan fingerprint density at radius 2 is 2.00 bits per heavy atom. The minimum atomic E-state index is -3.47. The minimum Gasteiger partial charge on any atom is -0.453 e. The van der Waals surface area contributed by atoms with E-state index in [1.165, 1.54) is 7.11 Å². The Hall–Kier alpha value is -1.31. The Kier molecular flexibility index (Phi) is 5.66. The van der Waals surface area contributed by atoms with Crippen LogP contribution in [0.25, 0.3) is 0 Å². The Morgan fingerprint density at radius 3 is 2.59 bits per heavy atom. The number of nitrogens with one attached hydrogen (secondary N) is 1. The van der Waals surface area contributed by atoms with Crippen molar-refractivity contribution in [3.8, 4) is 0 Å². The van der Waals surface area contributed by atoms with Crippen molar-refractivity contribution in [2.45, 2.75) is 24.6 Å². The van der Waals surface area contributed by atoms with Crippen LogP contribution in [0.15, 0.2) is 24.3 Å². The van der Waals surface area contributed by atoms with Gasteiger partial charge in [0.15, 0.2) is 0 Å². The first-order valence-electron chi connectivity index (χ1n) is 6.97. The van der Waals surface area contributed by atoms with Crippen molar-refractivity contribution >= 4 is 27.7 Å². The highest BCUT2D eigenvalue weighted by Gasteiger charge is 2.26. The molecule has 22 heavy (non-hydrogen) atoms. The van der Waals surface area contributed by atoms with Crippen LogP contribution in [-0.4, -0.2) is 45.7 Å². The highest BCUT2D eigenvalue weighted by atomic mass is 35.5. The number of carbonyl (C=O) groups excluding carboxylic acids is 1. The number of halogens is 1. The van der Waals surface area contributed by atoms with Crippen molar-refractivity contribution in [2.75, 3.05) is 20.2 Å². The first-order valence-corrected chi connectivity index (χ1v) is 9.00. The van der Waals surface area contributed by atoms with Crippen LogP contribution in [0, 0.1) is 0 Å². The third kappa shape index (κ3) is 4.59. The molecule has 1 fully saturated rings. The Labute approximate surface area is 135 Å². The average Bonchev–Trinajstić information content (AvgIpc) is 2.49. The van der Waals surface area contributed by atoms with Gasteiger partial charge in [0, 0.05) is 24.2 Å². The second-order valence-corrected chi connectivity index (χ2v) is 7.36. The Bertz CT molecular complexity index is 627. The average molecular weight is 347 g/mol. The van der Waals surface area contributed by atoms with E-state index in [2.05, 4.69) is 9.46 Å². The first-order chi connectivity index (χ1) is 10.4. The standard InChI is InChI=1S/C14H19ClN2O4S/c1-21-14(18)17-8-6-12(7-9-17)16-22(19,20)10-11-4-2-3-5-13(11)15/h2-5,12,16H,6-10H2,1H3. The van der Waals surface area contributed by atoms with Gasteiger partial charge in [0.2, 0.25) is 10.0 Å². The lowest BCUT2D eigenvalue weighted by atomic mass is 10.1. The lowest BCUT2D eigenvalue weighted by Gasteiger charge is -2.31. The summed E-state index contributed by atoms with van der Waals surface area (Å²) in [4.78, 5) is 13.0. The number of benzene rings is 1. The van der Waals surface area contributed by atoms with Crippen molar-refractivity contribution in [3.05, 3.63) is 34.9 Å². The van der Waals surface area contributed by atoms with Crippen LogP contribution in [0.4, 0.5) is 4.79 Å². The first kappa shape index (κ1) is 17.1. The number of carbonyl (C=O) groups is 1. The van der Waals surface area contributed by atoms with Crippen molar-refractivity contribution in [2.24, 2.45) is 0 Å². The zero-order valence-electron chi connectivity index (χ0n) is 12.3. The number of amides is 1. The molecule has 6 nitrogen and oxygen atoms in total. The molecule has 0 unspecified atom stereocenters. The van der Waals surface area contributed by atoms with E-state index in [1.807, 2.05) is 0 Å². The molecule has 1 N–H and O–H groups in total. The lowest BCUT2D eigenvalue weighted by molar-refractivity contribution is 0.111. The lowest BCUT2D eigenvalue weighted by Crippen LogP contribution is -2.46. The number of rotatable bonds is 4. The number of nitrogens with zero attached hydrogens (tertiary/aromatic N) is 1. The van der Waals surface area contributed by atoms with E-state index in [4.69, 9.17) is 11.6 Å². The topological polar surface area (TPSA) is 75.7 Å². The van der Waals surface area contributed by atoms with E-state index < -0.39 is 10.0 Å². The van der Waals surface area contributed by atoms with Crippen LogP contribution in [0.5, 0.6) is 0 Å². The molecule has 0 aliphatic carbocycles. The Balaban J connectivity index is 1.91. The summed E-state index contributed by atoms with van der Waals surface area (Å²) < 4.78 is 31.8. The van der Waals surface area contributed by atoms with Gasteiger partial charge in [0.1, 0.15) is 0 Å².